The summed E-state index contributed by atoms with van der Waals surface area (Å²) in [5.74, 6) is 0.703. The normalized spacial score (nSPS) is 22.5. The van der Waals surface area contributed by atoms with Crippen molar-refractivity contribution in [3.8, 4) is 0 Å². The first kappa shape index (κ1) is 16.4. The third-order valence-corrected chi connectivity index (χ3v) is 3.49. The lowest BCUT2D eigenvalue weighted by Crippen LogP contribution is -2.52. The molecular formula is C14H28N2O3. The third-order valence-electron chi connectivity index (χ3n) is 3.49. The van der Waals surface area contributed by atoms with Crippen LogP contribution in [0.4, 0.5) is 0 Å². The van der Waals surface area contributed by atoms with Gasteiger partial charge in [0, 0.05) is 12.6 Å². The molecule has 2 atom stereocenters. The summed E-state index contributed by atoms with van der Waals surface area (Å²) in [5.41, 5.74) is 0. The molecule has 1 aliphatic heterocycles. The number of amides is 1. The molecule has 0 radical (unpaired) electrons. The van der Waals surface area contributed by atoms with Crippen LogP contribution in [0.2, 0.25) is 0 Å². The van der Waals surface area contributed by atoms with Gasteiger partial charge in [-0.3, -0.25) is 9.69 Å². The van der Waals surface area contributed by atoms with E-state index in [0.29, 0.717) is 32.2 Å². The minimum atomic E-state index is -0.0505. The summed E-state index contributed by atoms with van der Waals surface area (Å²) in [6.45, 7) is 8.65. The van der Waals surface area contributed by atoms with Gasteiger partial charge in [0.1, 0.15) is 0 Å². The van der Waals surface area contributed by atoms with Crippen molar-refractivity contribution >= 4 is 5.91 Å². The van der Waals surface area contributed by atoms with E-state index in [0.717, 1.165) is 12.8 Å². The predicted octanol–water partition coefficient (Wildman–Crippen LogP) is 0.620. The molecule has 1 aliphatic rings. The summed E-state index contributed by atoms with van der Waals surface area (Å²) in [6.07, 6.45) is 2.13. The fourth-order valence-electron chi connectivity index (χ4n) is 2.23. The lowest BCUT2D eigenvalue weighted by atomic mass is 10.0. The Hall–Kier alpha value is -0.650. The summed E-state index contributed by atoms with van der Waals surface area (Å²) >= 11 is 0. The SMILES string of the molecule is CC(C)CCC(C)NC(=O)CN1CCOCC1CO. The predicted molar refractivity (Wildman–Crippen MR) is 74.9 cm³/mol. The Morgan fingerprint density at radius 1 is 1.42 bits per heavy atom. The van der Waals surface area contributed by atoms with Crippen molar-refractivity contribution in [2.75, 3.05) is 32.9 Å². The van der Waals surface area contributed by atoms with Gasteiger partial charge in [-0.25, -0.2) is 0 Å². The molecule has 1 rings (SSSR count). The fourth-order valence-corrected chi connectivity index (χ4v) is 2.23. The Bertz CT molecular complexity index is 271. The summed E-state index contributed by atoms with van der Waals surface area (Å²) in [4.78, 5) is 13.9. The number of nitrogens with zero attached hydrogens (tertiary/aromatic N) is 1. The molecule has 5 nitrogen and oxygen atoms in total. The van der Waals surface area contributed by atoms with E-state index in [1.165, 1.54) is 0 Å². The van der Waals surface area contributed by atoms with Crippen molar-refractivity contribution in [3.05, 3.63) is 0 Å². The van der Waals surface area contributed by atoms with E-state index in [-0.39, 0.29) is 24.6 Å². The number of aliphatic hydroxyl groups is 1. The first-order valence-corrected chi connectivity index (χ1v) is 7.25. The fraction of sp³-hybridized carbons (Fsp3) is 0.929. The van der Waals surface area contributed by atoms with Crippen LogP contribution in [0.15, 0.2) is 0 Å². The lowest BCUT2D eigenvalue weighted by Gasteiger charge is -2.34. The Labute approximate surface area is 116 Å². The summed E-state index contributed by atoms with van der Waals surface area (Å²) in [6, 6.07) is 0.161. The second-order valence-electron chi connectivity index (χ2n) is 5.82. The molecule has 1 heterocycles. The van der Waals surface area contributed by atoms with Crippen LogP contribution in [-0.2, 0) is 9.53 Å². The van der Waals surface area contributed by atoms with E-state index < -0.39 is 0 Å². The Morgan fingerprint density at radius 2 is 2.16 bits per heavy atom. The third kappa shape index (κ3) is 6.36. The minimum Gasteiger partial charge on any atom is -0.395 e. The molecule has 19 heavy (non-hydrogen) atoms. The molecule has 2 N–H and O–H groups in total. The first-order valence-electron chi connectivity index (χ1n) is 7.25. The Kier molecular flexibility index (Phi) is 7.34. The molecule has 0 aromatic carbocycles. The van der Waals surface area contributed by atoms with E-state index in [1.54, 1.807) is 0 Å². The highest BCUT2D eigenvalue weighted by Crippen LogP contribution is 2.08. The number of carbonyl (C=O) groups excluding carboxylic acids is 1. The van der Waals surface area contributed by atoms with Crippen molar-refractivity contribution in [1.82, 2.24) is 10.2 Å². The van der Waals surface area contributed by atoms with Crippen molar-refractivity contribution in [2.24, 2.45) is 5.92 Å². The van der Waals surface area contributed by atoms with E-state index >= 15 is 0 Å². The van der Waals surface area contributed by atoms with Gasteiger partial charge in [-0.15, -0.1) is 0 Å². The molecule has 2 unspecified atom stereocenters. The van der Waals surface area contributed by atoms with Gasteiger partial charge < -0.3 is 15.2 Å². The summed E-state index contributed by atoms with van der Waals surface area (Å²) in [7, 11) is 0. The van der Waals surface area contributed by atoms with E-state index in [2.05, 4.69) is 19.2 Å². The molecule has 1 amide bonds. The summed E-state index contributed by atoms with van der Waals surface area (Å²) in [5, 5.41) is 12.3. The molecule has 1 saturated heterocycles. The Balaban J connectivity index is 2.29. The number of aliphatic hydroxyl groups excluding tert-OH is 1. The number of carbonyl (C=O) groups is 1. The van der Waals surface area contributed by atoms with Gasteiger partial charge in [0.2, 0.25) is 5.91 Å². The molecule has 5 heteroatoms. The first-order chi connectivity index (χ1) is 9.02. The minimum absolute atomic E-state index is 0.0379. The van der Waals surface area contributed by atoms with Gasteiger partial charge in [-0.1, -0.05) is 13.8 Å². The maximum absolute atomic E-state index is 12.0. The second kappa shape index (κ2) is 8.51. The molecular weight excluding hydrogens is 244 g/mol. The summed E-state index contributed by atoms with van der Waals surface area (Å²) < 4.78 is 5.30. The number of hydrogen-bond donors (Lipinski definition) is 2. The van der Waals surface area contributed by atoms with Gasteiger partial charge in [-0.2, -0.15) is 0 Å². The van der Waals surface area contributed by atoms with Gasteiger partial charge >= 0.3 is 0 Å². The van der Waals surface area contributed by atoms with Crippen molar-refractivity contribution in [2.45, 2.75) is 45.7 Å². The van der Waals surface area contributed by atoms with E-state index in [9.17, 15) is 9.90 Å². The van der Waals surface area contributed by atoms with Gasteiger partial charge in [0.05, 0.1) is 32.4 Å². The smallest absolute Gasteiger partial charge is 0.234 e. The number of nitrogens with one attached hydrogen (secondary N) is 1. The lowest BCUT2D eigenvalue weighted by molar-refractivity contribution is -0.125. The number of rotatable bonds is 7. The zero-order valence-corrected chi connectivity index (χ0v) is 12.4. The molecule has 1 fully saturated rings. The molecule has 0 aliphatic carbocycles. The molecule has 112 valence electrons. The standard InChI is InChI=1S/C14H28N2O3/c1-11(2)4-5-12(3)15-14(18)8-16-6-7-19-10-13(16)9-17/h11-13,17H,4-10H2,1-3H3,(H,15,18). The molecule has 0 spiro atoms. The highest BCUT2D eigenvalue weighted by molar-refractivity contribution is 5.78. The zero-order chi connectivity index (χ0) is 14.3. The molecule has 0 aromatic heterocycles. The Morgan fingerprint density at radius 3 is 2.79 bits per heavy atom. The van der Waals surface area contributed by atoms with Crippen molar-refractivity contribution in [1.29, 1.82) is 0 Å². The van der Waals surface area contributed by atoms with Gasteiger partial charge in [-0.05, 0) is 25.7 Å². The van der Waals surface area contributed by atoms with Crippen LogP contribution in [0.1, 0.15) is 33.6 Å². The van der Waals surface area contributed by atoms with Crippen LogP contribution in [-0.4, -0.2) is 60.9 Å². The molecule has 0 saturated carbocycles. The highest BCUT2D eigenvalue weighted by Gasteiger charge is 2.24. The highest BCUT2D eigenvalue weighted by atomic mass is 16.5. The van der Waals surface area contributed by atoms with Crippen LogP contribution in [0.5, 0.6) is 0 Å². The average Bonchev–Trinajstić information content (AvgIpc) is 2.37. The number of hydrogen-bond acceptors (Lipinski definition) is 4. The monoisotopic (exact) mass is 272 g/mol. The van der Waals surface area contributed by atoms with Crippen LogP contribution in [0, 0.1) is 5.92 Å². The second-order valence-corrected chi connectivity index (χ2v) is 5.82. The maximum Gasteiger partial charge on any atom is 0.234 e. The zero-order valence-electron chi connectivity index (χ0n) is 12.4. The van der Waals surface area contributed by atoms with Crippen molar-refractivity contribution in [3.63, 3.8) is 0 Å². The van der Waals surface area contributed by atoms with E-state index in [4.69, 9.17) is 4.74 Å². The van der Waals surface area contributed by atoms with Crippen LogP contribution in [0.3, 0.4) is 0 Å². The van der Waals surface area contributed by atoms with Crippen molar-refractivity contribution < 1.29 is 14.6 Å². The average molecular weight is 272 g/mol. The largest absolute Gasteiger partial charge is 0.395 e. The van der Waals surface area contributed by atoms with Crippen LogP contribution in [0.25, 0.3) is 0 Å². The number of morpholine rings is 1. The van der Waals surface area contributed by atoms with Crippen LogP contribution >= 0.6 is 0 Å². The topological polar surface area (TPSA) is 61.8 Å². The maximum atomic E-state index is 12.0. The molecule has 0 bridgehead atoms. The van der Waals surface area contributed by atoms with Gasteiger partial charge in [0.15, 0.2) is 0 Å². The van der Waals surface area contributed by atoms with Crippen LogP contribution < -0.4 is 5.32 Å². The molecule has 0 aromatic rings. The number of ether oxygens (including phenoxy) is 1. The quantitative estimate of drug-likeness (QED) is 0.713. The van der Waals surface area contributed by atoms with E-state index in [1.807, 2.05) is 11.8 Å². The van der Waals surface area contributed by atoms with Gasteiger partial charge in [0.25, 0.3) is 0 Å².